The van der Waals surface area contributed by atoms with Crippen LogP contribution in [0.1, 0.15) is 43.7 Å². The van der Waals surface area contributed by atoms with Crippen molar-refractivity contribution in [3.8, 4) is 11.8 Å². The van der Waals surface area contributed by atoms with Crippen LogP contribution in [0.5, 0.6) is 0 Å². The summed E-state index contributed by atoms with van der Waals surface area (Å²) in [5.74, 6) is 6.66. The van der Waals surface area contributed by atoms with Crippen LogP contribution in [0.2, 0.25) is 0 Å². The smallest absolute Gasteiger partial charge is 0.0284 e. The second-order valence-electron chi connectivity index (χ2n) is 5.02. The molecule has 0 heterocycles. The molecular formula is C18H20. The molecule has 0 fully saturated rings. The SMILES string of the molecule is C=C(C)Cc1ccccc1C#CC1=CCCCC1. The predicted octanol–water partition coefficient (Wildman–Crippen LogP) is 4.66. The van der Waals surface area contributed by atoms with Crippen LogP contribution in [0.3, 0.4) is 0 Å². The zero-order chi connectivity index (χ0) is 12.8. The average molecular weight is 236 g/mol. The van der Waals surface area contributed by atoms with E-state index in [1.807, 2.05) is 0 Å². The van der Waals surface area contributed by atoms with Crippen molar-refractivity contribution < 1.29 is 0 Å². The van der Waals surface area contributed by atoms with Crippen molar-refractivity contribution >= 4 is 0 Å². The molecule has 0 saturated heterocycles. The van der Waals surface area contributed by atoms with Gasteiger partial charge in [-0.2, -0.15) is 0 Å². The molecule has 0 unspecified atom stereocenters. The molecule has 0 bridgehead atoms. The highest BCUT2D eigenvalue weighted by atomic mass is 14.1. The predicted molar refractivity (Wildman–Crippen MR) is 78.4 cm³/mol. The van der Waals surface area contributed by atoms with Crippen molar-refractivity contribution in [3.63, 3.8) is 0 Å². The third kappa shape index (κ3) is 3.64. The van der Waals surface area contributed by atoms with Crippen molar-refractivity contribution in [1.82, 2.24) is 0 Å². The van der Waals surface area contributed by atoms with E-state index >= 15 is 0 Å². The molecule has 0 N–H and O–H groups in total. The number of hydrogen-bond acceptors (Lipinski definition) is 0. The lowest BCUT2D eigenvalue weighted by molar-refractivity contribution is 0.715. The molecule has 92 valence electrons. The minimum Gasteiger partial charge on any atom is -0.0998 e. The molecule has 0 heteroatoms. The van der Waals surface area contributed by atoms with E-state index in [9.17, 15) is 0 Å². The fourth-order valence-corrected chi connectivity index (χ4v) is 2.22. The molecule has 0 atom stereocenters. The molecule has 0 saturated carbocycles. The number of rotatable bonds is 2. The van der Waals surface area contributed by atoms with Gasteiger partial charge >= 0.3 is 0 Å². The van der Waals surface area contributed by atoms with Crippen LogP contribution in [0.15, 0.2) is 48.1 Å². The van der Waals surface area contributed by atoms with Gasteiger partial charge in [0, 0.05) is 5.56 Å². The quantitative estimate of drug-likeness (QED) is 0.517. The second kappa shape index (κ2) is 6.26. The Labute approximate surface area is 110 Å². The van der Waals surface area contributed by atoms with E-state index in [1.165, 1.54) is 36.0 Å². The van der Waals surface area contributed by atoms with Crippen molar-refractivity contribution in [2.24, 2.45) is 0 Å². The van der Waals surface area contributed by atoms with E-state index < -0.39 is 0 Å². The lowest BCUT2D eigenvalue weighted by atomic mass is 9.98. The molecule has 0 amide bonds. The normalized spacial score (nSPS) is 14.4. The van der Waals surface area contributed by atoms with Gasteiger partial charge in [-0.05, 0) is 56.2 Å². The highest BCUT2D eigenvalue weighted by Gasteiger charge is 2.01. The van der Waals surface area contributed by atoms with Crippen molar-refractivity contribution in [3.05, 3.63) is 59.2 Å². The first kappa shape index (κ1) is 12.7. The van der Waals surface area contributed by atoms with Gasteiger partial charge in [-0.15, -0.1) is 0 Å². The minimum atomic E-state index is 0.921. The Hall–Kier alpha value is -1.74. The Kier molecular flexibility index (Phi) is 4.42. The van der Waals surface area contributed by atoms with E-state index in [0.717, 1.165) is 18.4 Å². The maximum absolute atomic E-state index is 3.98. The Bertz CT molecular complexity index is 520. The highest BCUT2D eigenvalue weighted by Crippen LogP contribution is 2.17. The van der Waals surface area contributed by atoms with Gasteiger partial charge in [0.05, 0.1) is 0 Å². The standard InChI is InChI=1S/C18H20/c1-15(2)14-18-11-7-6-10-17(18)13-12-16-8-4-3-5-9-16/h6-8,10-11H,1,3-5,9,14H2,2H3. The molecule has 0 aliphatic heterocycles. The first-order chi connectivity index (χ1) is 8.75. The van der Waals surface area contributed by atoms with E-state index in [0.29, 0.717) is 0 Å². The third-order valence-electron chi connectivity index (χ3n) is 3.16. The Morgan fingerprint density at radius 2 is 2.06 bits per heavy atom. The van der Waals surface area contributed by atoms with Crippen molar-refractivity contribution in [2.45, 2.75) is 39.0 Å². The largest absolute Gasteiger partial charge is 0.0998 e. The highest BCUT2D eigenvalue weighted by molar-refractivity contribution is 5.46. The average Bonchev–Trinajstić information content (AvgIpc) is 2.38. The van der Waals surface area contributed by atoms with Crippen LogP contribution >= 0.6 is 0 Å². The zero-order valence-corrected chi connectivity index (χ0v) is 11.1. The third-order valence-corrected chi connectivity index (χ3v) is 3.16. The Balaban J connectivity index is 2.20. The molecule has 1 aromatic carbocycles. The van der Waals surface area contributed by atoms with Crippen LogP contribution in [0.4, 0.5) is 0 Å². The summed E-state index contributed by atoms with van der Waals surface area (Å²) < 4.78 is 0. The fraction of sp³-hybridized carbons (Fsp3) is 0.333. The van der Waals surface area contributed by atoms with E-state index in [2.05, 4.69) is 55.7 Å². The summed E-state index contributed by atoms with van der Waals surface area (Å²) in [5.41, 5.74) is 4.92. The monoisotopic (exact) mass is 236 g/mol. The maximum Gasteiger partial charge on any atom is 0.0284 e. The summed E-state index contributed by atoms with van der Waals surface area (Å²) in [6, 6.07) is 8.38. The van der Waals surface area contributed by atoms with Crippen molar-refractivity contribution in [2.75, 3.05) is 0 Å². The second-order valence-corrected chi connectivity index (χ2v) is 5.02. The van der Waals surface area contributed by atoms with Gasteiger partial charge in [0.15, 0.2) is 0 Å². The van der Waals surface area contributed by atoms with Gasteiger partial charge in [0.2, 0.25) is 0 Å². The van der Waals surface area contributed by atoms with Crippen molar-refractivity contribution in [1.29, 1.82) is 0 Å². The lowest BCUT2D eigenvalue weighted by Crippen LogP contribution is -1.92. The van der Waals surface area contributed by atoms with Gasteiger partial charge in [0.25, 0.3) is 0 Å². The summed E-state index contributed by atoms with van der Waals surface area (Å²) in [5, 5.41) is 0. The molecular weight excluding hydrogens is 216 g/mol. The van der Waals surface area contributed by atoms with Crippen LogP contribution in [0.25, 0.3) is 0 Å². The molecule has 1 aromatic rings. The van der Waals surface area contributed by atoms with E-state index in [4.69, 9.17) is 0 Å². The van der Waals surface area contributed by atoms with Gasteiger partial charge in [-0.3, -0.25) is 0 Å². The topological polar surface area (TPSA) is 0 Å². The Morgan fingerprint density at radius 3 is 2.78 bits per heavy atom. The molecule has 1 aliphatic carbocycles. The summed E-state index contributed by atoms with van der Waals surface area (Å²) in [7, 11) is 0. The van der Waals surface area contributed by atoms with Gasteiger partial charge in [0.1, 0.15) is 0 Å². The summed E-state index contributed by atoms with van der Waals surface area (Å²) in [6.07, 6.45) is 8.15. The first-order valence-electron chi connectivity index (χ1n) is 6.69. The van der Waals surface area contributed by atoms with Gasteiger partial charge < -0.3 is 0 Å². The van der Waals surface area contributed by atoms with Gasteiger partial charge in [-0.25, -0.2) is 0 Å². The summed E-state index contributed by atoms with van der Waals surface area (Å²) in [6.45, 7) is 6.05. The Morgan fingerprint density at radius 1 is 1.22 bits per heavy atom. The van der Waals surface area contributed by atoms with E-state index in [-0.39, 0.29) is 0 Å². The maximum atomic E-state index is 3.98. The molecule has 0 aromatic heterocycles. The lowest BCUT2D eigenvalue weighted by Gasteiger charge is -2.06. The first-order valence-corrected chi connectivity index (χ1v) is 6.69. The number of allylic oxidation sites excluding steroid dienone is 3. The summed E-state index contributed by atoms with van der Waals surface area (Å²) in [4.78, 5) is 0. The van der Waals surface area contributed by atoms with Crippen LogP contribution in [-0.2, 0) is 6.42 Å². The zero-order valence-electron chi connectivity index (χ0n) is 11.1. The molecule has 0 spiro atoms. The molecule has 18 heavy (non-hydrogen) atoms. The number of benzene rings is 1. The molecule has 0 nitrogen and oxygen atoms in total. The molecule has 2 rings (SSSR count). The van der Waals surface area contributed by atoms with Gasteiger partial charge in [-0.1, -0.05) is 48.3 Å². The fourth-order valence-electron chi connectivity index (χ4n) is 2.22. The van der Waals surface area contributed by atoms with Crippen LogP contribution in [-0.4, -0.2) is 0 Å². The van der Waals surface area contributed by atoms with Crippen LogP contribution < -0.4 is 0 Å². The van der Waals surface area contributed by atoms with Crippen LogP contribution in [0, 0.1) is 11.8 Å². The molecule has 1 aliphatic rings. The minimum absolute atomic E-state index is 0.921. The molecule has 0 radical (unpaired) electrons. The summed E-state index contributed by atoms with van der Waals surface area (Å²) >= 11 is 0. The van der Waals surface area contributed by atoms with E-state index in [1.54, 1.807) is 0 Å². The number of hydrogen-bond donors (Lipinski definition) is 0.